The Bertz CT molecular complexity index is 978. The molecule has 0 aliphatic carbocycles. The third-order valence-corrected chi connectivity index (χ3v) is 5.10. The van der Waals surface area contributed by atoms with Crippen molar-refractivity contribution in [1.82, 2.24) is 4.72 Å². The number of amides is 1. The lowest BCUT2D eigenvalue weighted by Gasteiger charge is -2.11. The Morgan fingerprint density at radius 2 is 1.86 bits per heavy atom. The van der Waals surface area contributed by atoms with E-state index < -0.39 is 40.9 Å². The predicted molar refractivity (Wildman–Crippen MR) is 98.9 cm³/mol. The number of hydrogen-bond donors (Lipinski definition) is 2. The van der Waals surface area contributed by atoms with Crippen LogP contribution in [-0.4, -0.2) is 40.6 Å². The molecule has 2 aromatic rings. The van der Waals surface area contributed by atoms with Crippen molar-refractivity contribution in [1.29, 1.82) is 0 Å². The molecular weight excluding hydrogens is 391 g/mol. The van der Waals surface area contributed by atoms with Crippen LogP contribution >= 0.6 is 0 Å². The van der Waals surface area contributed by atoms with E-state index in [4.69, 9.17) is 9.47 Å². The largest absolute Gasteiger partial charge is 0.482 e. The summed E-state index contributed by atoms with van der Waals surface area (Å²) in [6.07, 6.45) is 0. The molecular formula is C18H19FN2O6S. The van der Waals surface area contributed by atoms with Gasteiger partial charge in [0.15, 0.2) is 13.2 Å². The van der Waals surface area contributed by atoms with Gasteiger partial charge in [0.05, 0.1) is 4.90 Å². The highest BCUT2D eigenvalue weighted by molar-refractivity contribution is 7.89. The normalized spacial score (nSPS) is 11.0. The van der Waals surface area contributed by atoms with Gasteiger partial charge in [-0.1, -0.05) is 12.1 Å². The molecule has 150 valence electrons. The summed E-state index contributed by atoms with van der Waals surface area (Å²) < 4.78 is 49.0. The summed E-state index contributed by atoms with van der Waals surface area (Å²) in [7, 11) is -2.40. The van der Waals surface area contributed by atoms with Gasteiger partial charge in [-0.05, 0) is 43.8 Å². The smallest absolute Gasteiger partial charge is 0.344 e. The molecule has 10 heteroatoms. The Hall–Kier alpha value is -2.98. The fourth-order valence-corrected chi connectivity index (χ4v) is 3.16. The van der Waals surface area contributed by atoms with E-state index >= 15 is 0 Å². The van der Waals surface area contributed by atoms with Gasteiger partial charge >= 0.3 is 5.97 Å². The van der Waals surface area contributed by atoms with E-state index in [1.807, 2.05) is 0 Å². The number of nitrogens with one attached hydrogen (secondary N) is 2. The van der Waals surface area contributed by atoms with Crippen molar-refractivity contribution in [2.75, 3.05) is 25.6 Å². The second-order valence-electron chi connectivity index (χ2n) is 5.64. The van der Waals surface area contributed by atoms with Crippen LogP contribution in [0.15, 0.2) is 47.4 Å². The zero-order valence-electron chi connectivity index (χ0n) is 15.2. The number of halogens is 1. The second-order valence-corrected chi connectivity index (χ2v) is 7.50. The number of benzene rings is 2. The molecule has 2 aromatic carbocycles. The number of esters is 1. The standard InChI is InChI=1S/C18H19FN2O6S/c1-12-6-7-14(9-16(12)28(24,25)20-2)21-17(22)10-27-18(23)11-26-15-5-3-4-13(19)8-15/h3-9,20H,10-11H2,1-2H3,(H,21,22). The lowest BCUT2D eigenvalue weighted by atomic mass is 10.2. The third-order valence-electron chi connectivity index (χ3n) is 3.55. The van der Waals surface area contributed by atoms with Crippen molar-refractivity contribution < 1.29 is 31.9 Å². The molecule has 28 heavy (non-hydrogen) atoms. The molecule has 0 radical (unpaired) electrons. The summed E-state index contributed by atoms with van der Waals surface area (Å²) in [6.45, 7) is 0.537. The highest BCUT2D eigenvalue weighted by Crippen LogP contribution is 2.20. The number of hydrogen-bond acceptors (Lipinski definition) is 6. The van der Waals surface area contributed by atoms with E-state index in [1.165, 1.54) is 37.4 Å². The van der Waals surface area contributed by atoms with Crippen LogP contribution < -0.4 is 14.8 Å². The van der Waals surface area contributed by atoms with Gasteiger partial charge in [0.1, 0.15) is 11.6 Å². The fourth-order valence-electron chi connectivity index (χ4n) is 2.16. The molecule has 0 atom stereocenters. The number of ether oxygens (including phenoxy) is 2. The van der Waals surface area contributed by atoms with Crippen LogP contribution in [0.1, 0.15) is 5.56 Å². The lowest BCUT2D eigenvalue weighted by molar-refractivity contribution is -0.149. The van der Waals surface area contributed by atoms with Crippen molar-refractivity contribution in [3.63, 3.8) is 0 Å². The van der Waals surface area contributed by atoms with Crippen molar-refractivity contribution in [3.8, 4) is 5.75 Å². The summed E-state index contributed by atoms with van der Waals surface area (Å²) >= 11 is 0. The van der Waals surface area contributed by atoms with Crippen LogP contribution in [-0.2, 0) is 24.3 Å². The van der Waals surface area contributed by atoms with Crippen molar-refractivity contribution in [3.05, 3.63) is 53.8 Å². The predicted octanol–water partition coefficient (Wildman–Crippen LogP) is 1.60. The fraction of sp³-hybridized carbons (Fsp3) is 0.222. The summed E-state index contributed by atoms with van der Waals surface area (Å²) in [5.41, 5.74) is 0.741. The molecule has 1 amide bonds. The van der Waals surface area contributed by atoms with E-state index in [1.54, 1.807) is 13.0 Å². The summed E-state index contributed by atoms with van der Waals surface area (Å²) in [5.74, 6) is -1.83. The van der Waals surface area contributed by atoms with Gasteiger partial charge in [-0.15, -0.1) is 0 Å². The van der Waals surface area contributed by atoms with Gasteiger partial charge in [-0.2, -0.15) is 0 Å². The summed E-state index contributed by atoms with van der Waals surface area (Å²) in [4.78, 5) is 23.5. The molecule has 0 unspecified atom stereocenters. The quantitative estimate of drug-likeness (QED) is 0.640. The first kappa shape index (κ1) is 21.3. The van der Waals surface area contributed by atoms with Gasteiger partial charge in [-0.3, -0.25) is 4.79 Å². The maximum absolute atomic E-state index is 13.0. The van der Waals surface area contributed by atoms with E-state index in [0.29, 0.717) is 5.56 Å². The average molecular weight is 410 g/mol. The first-order chi connectivity index (χ1) is 13.2. The van der Waals surface area contributed by atoms with Crippen molar-refractivity contribution in [2.45, 2.75) is 11.8 Å². The molecule has 0 spiro atoms. The van der Waals surface area contributed by atoms with E-state index in [9.17, 15) is 22.4 Å². The monoisotopic (exact) mass is 410 g/mol. The molecule has 0 heterocycles. The molecule has 2 N–H and O–H groups in total. The van der Waals surface area contributed by atoms with Crippen molar-refractivity contribution in [2.24, 2.45) is 0 Å². The highest BCUT2D eigenvalue weighted by Gasteiger charge is 2.16. The van der Waals surface area contributed by atoms with Crippen LogP contribution in [0.2, 0.25) is 0 Å². The SMILES string of the molecule is CNS(=O)(=O)c1cc(NC(=O)COC(=O)COc2cccc(F)c2)ccc1C. The molecule has 0 aliphatic heterocycles. The van der Waals surface area contributed by atoms with Gasteiger partial charge in [0.2, 0.25) is 10.0 Å². The minimum atomic E-state index is -3.68. The Kier molecular flexibility index (Phi) is 7.07. The zero-order valence-corrected chi connectivity index (χ0v) is 16.0. The van der Waals surface area contributed by atoms with Gasteiger partial charge in [0.25, 0.3) is 5.91 Å². The average Bonchev–Trinajstić information content (AvgIpc) is 2.66. The second kappa shape index (κ2) is 9.29. The maximum atomic E-state index is 13.0. The molecule has 0 fully saturated rings. The lowest BCUT2D eigenvalue weighted by Crippen LogP contribution is -2.24. The number of anilines is 1. The van der Waals surface area contributed by atoms with Crippen LogP contribution in [0.25, 0.3) is 0 Å². The number of carbonyl (C=O) groups is 2. The van der Waals surface area contributed by atoms with Crippen LogP contribution in [0.3, 0.4) is 0 Å². The number of aryl methyl sites for hydroxylation is 1. The number of sulfonamides is 1. The number of rotatable bonds is 8. The molecule has 0 saturated heterocycles. The molecule has 0 saturated carbocycles. The van der Waals surface area contributed by atoms with Gasteiger partial charge in [0, 0.05) is 11.8 Å². The topological polar surface area (TPSA) is 111 Å². The van der Waals surface area contributed by atoms with Crippen LogP contribution in [0.4, 0.5) is 10.1 Å². The highest BCUT2D eigenvalue weighted by atomic mass is 32.2. The molecule has 0 aromatic heterocycles. The van der Waals surface area contributed by atoms with E-state index in [-0.39, 0.29) is 16.3 Å². The number of carbonyl (C=O) groups excluding carboxylic acids is 2. The molecule has 8 nitrogen and oxygen atoms in total. The maximum Gasteiger partial charge on any atom is 0.344 e. The van der Waals surface area contributed by atoms with E-state index in [2.05, 4.69) is 10.0 Å². The molecule has 0 bridgehead atoms. The Morgan fingerprint density at radius 1 is 1.11 bits per heavy atom. The first-order valence-corrected chi connectivity index (χ1v) is 9.57. The van der Waals surface area contributed by atoms with Crippen LogP contribution in [0, 0.1) is 12.7 Å². The zero-order chi connectivity index (χ0) is 20.7. The van der Waals surface area contributed by atoms with Gasteiger partial charge in [-0.25, -0.2) is 22.3 Å². The van der Waals surface area contributed by atoms with E-state index in [0.717, 1.165) is 6.07 Å². The summed E-state index contributed by atoms with van der Waals surface area (Å²) in [5, 5.41) is 2.44. The minimum absolute atomic E-state index is 0.0216. The molecule has 0 aliphatic rings. The Morgan fingerprint density at radius 3 is 2.54 bits per heavy atom. The van der Waals surface area contributed by atoms with Gasteiger partial charge < -0.3 is 14.8 Å². The molecule has 2 rings (SSSR count). The van der Waals surface area contributed by atoms with Crippen LogP contribution in [0.5, 0.6) is 5.75 Å². The Balaban J connectivity index is 1.87. The third kappa shape index (κ3) is 6.03. The summed E-state index contributed by atoms with van der Waals surface area (Å²) in [6, 6.07) is 9.59. The van der Waals surface area contributed by atoms with Crippen molar-refractivity contribution >= 4 is 27.6 Å². The minimum Gasteiger partial charge on any atom is -0.482 e. The Labute approximate surface area is 161 Å². The first-order valence-electron chi connectivity index (χ1n) is 8.09.